The van der Waals surface area contributed by atoms with Crippen LogP contribution in [0.2, 0.25) is 0 Å². The lowest BCUT2D eigenvalue weighted by Gasteiger charge is -2.24. The van der Waals surface area contributed by atoms with Gasteiger partial charge in [0.25, 0.3) is 0 Å². The van der Waals surface area contributed by atoms with E-state index in [2.05, 4.69) is 49.4 Å². The Hall–Kier alpha value is -1.79. The Morgan fingerprint density at radius 3 is 2.61 bits per heavy atom. The highest BCUT2D eigenvalue weighted by atomic mass is 16.2. The van der Waals surface area contributed by atoms with Gasteiger partial charge in [0.05, 0.1) is 13.1 Å². The van der Waals surface area contributed by atoms with E-state index in [4.69, 9.17) is 6.42 Å². The van der Waals surface area contributed by atoms with E-state index in [1.807, 2.05) is 11.9 Å². The van der Waals surface area contributed by atoms with Crippen LogP contribution in [0.5, 0.6) is 0 Å². The number of likely N-dealkylation sites (N-methyl/N-ethyl adjacent to an activating group) is 1. The van der Waals surface area contributed by atoms with Gasteiger partial charge in [-0.25, -0.2) is 0 Å². The van der Waals surface area contributed by atoms with Gasteiger partial charge in [0.1, 0.15) is 0 Å². The average Bonchev–Trinajstić information content (AvgIpc) is 2.36. The predicted molar refractivity (Wildman–Crippen MR) is 74.1 cm³/mol. The number of nitrogens with one attached hydrogen (secondary N) is 1. The molecule has 0 unspecified atom stereocenters. The molecule has 0 saturated heterocycles. The maximum atomic E-state index is 11.6. The van der Waals surface area contributed by atoms with Gasteiger partial charge in [-0.05, 0) is 26.5 Å². The first-order valence-corrected chi connectivity index (χ1v) is 6.01. The zero-order valence-electron chi connectivity index (χ0n) is 11.2. The van der Waals surface area contributed by atoms with Crippen LogP contribution >= 0.6 is 0 Å². The van der Waals surface area contributed by atoms with Crippen LogP contribution < -0.4 is 5.32 Å². The second-order valence-electron chi connectivity index (χ2n) is 4.48. The summed E-state index contributed by atoms with van der Waals surface area (Å²) in [5.41, 5.74) is 2.44. The molecule has 0 saturated carbocycles. The molecule has 0 bridgehead atoms. The molecule has 0 aliphatic rings. The highest BCUT2D eigenvalue weighted by Crippen LogP contribution is 2.18. The Labute approximate surface area is 109 Å². The monoisotopic (exact) mass is 244 g/mol. The number of hydrogen-bond acceptors (Lipinski definition) is 2. The molecule has 1 atom stereocenters. The molecular formula is C15H20N2O. The highest BCUT2D eigenvalue weighted by Gasteiger charge is 2.14. The summed E-state index contributed by atoms with van der Waals surface area (Å²) >= 11 is 0. The minimum absolute atomic E-state index is 0.0468. The van der Waals surface area contributed by atoms with Crippen LogP contribution in [0.4, 0.5) is 0 Å². The van der Waals surface area contributed by atoms with Crippen LogP contribution in [0.15, 0.2) is 24.3 Å². The van der Waals surface area contributed by atoms with E-state index in [0.717, 1.165) is 0 Å². The van der Waals surface area contributed by atoms with Gasteiger partial charge in [-0.15, -0.1) is 6.42 Å². The van der Waals surface area contributed by atoms with Gasteiger partial charge in [0, 0.05) is 6.04 Å². The number of aryl methyl sites for hydroxylation is 1. The number of carbonyl (C=O) groups is 1. The third kappa shape index (κ3) is 4.23. The molecule has 0 aliphatic carbocycles. The van der Waals surface area contributed by atoms with Crippen molar-refractivity contribution in [2.24, 2.45) is 0 Å². The Morgan fingerprint density at radius 1 is 1.44 bits per heavy atom. The quantitative estimate of drug-likeness (QED) is 0.800. The standard InChI is InChI=1S/C15H20N2O/c1-5-10-16-15(18)11-17(4)13(3)14-8-6-12(2)7-9-14/h1,6-9,13H,10-11H2,2-4H3,(H,16,18)/t13-/m1/s1. The average molecular weight is 244 g/mol. The van der Waals surface area contributed by atoms with Gasteiger partial charge >= 0.3 is 0 Å². The third-order valence-corrected chi connectivity index (χ3v) is 3.00. The summed E-state index contributed by atoms with van der Waals surface area (Å²) in [6.07, 6.45) is 5.09. The van der Waals surface area contributed by atoms with Gasteiger partial charge in [0.2, 0.25) is 5.91 Å². The van der Waals surface area contributed by atoms with Crippen molar-refractivity contribution in [2.45, 2.75) is 19.9 Å². The zero-order chi connectivity index (χ0) is 13.5. The van der Waals surface area contributed by atoms with Crippen molar-refractivity contribution in [3.63, 3.8) is 0 Å². The molecule has 0 fully saturated rings. The summed E-state index contributed by atoms with van der Waals surface area (Å²) in [4.78, 5) is 13.6. The van der Waals surface area contributed by atoms with Crippen molar-refractivity contribution in [2.75, 3.05) is 20.1 Å². The van der Waals surface area contributed by atoms with Crippen LogP contribution in [-0.4, -0.2) is 30.9 Å². The lowest BCUT2D eigenvalue weighted by molar-refractivity contribution is -0.122. The molecule has 1 rings (SSSR count). The van der Waals surface area contributed by atoms with Gasteiger partial charge < -0.3 is 5.32 Å². The van der Waals surface area contributed by atoms with Crippen molar-refractivity contribution in [3.05, 3.63) is 35.4 Å². The molecule has 3 heteroatoms. The van der Waals surface area contributed by atoms with Crippen LogP contribution in [0.3, 0.4) is 0 Å². The first-order chi connectivity index (χ1) is 8.54. The second kappa shape index (κ2) is 6.83. The first kappa shape index (κ1) is 14.3. The van der Waals surface area contributed by atoms with E-state index in [9.17, 15) is 4.79 Å². The van der Waals surface area contributed by atoms with Crippen LogP contribution in [0.1, 0.15) is 24.1 Å². The minimum atomic E-state index is -0.0468. The fourth-order valence-corrected chi connectivity index (χ4v) is 1.67. The summed E-state index contributed by atoms with van der Waals surface area (Å²) in [7, 11) is 1.93. The van der Waals surface area contributed by atoms with E-state index in [-0.39, 0.29) is 18.5 Å². The molecule has 0 aromatic heterocycles. The molecule has 1 amide bonds. The molecule has 3 nitrogen and oxygen atoms in total. The Kier molecular flexibility index (Phi) is 5.41. The number of amides is 1. The lowest BCUT2D eigenvalue weighted by atomic mass is 10.1. The lowest BCUT2D eigenvalue weighted by Crippen LogP contribution is -2.36. The van der Waals surface area contributed by atoms with Crippen molar-refractivity contribution in [1.82, 2.24) is 10.2 Å². The van der Waals surface area contributed by atoms with E-state index in [0.29, 0.717) is 6.54 Å². The van der Waals surface area contributed by atoms with Crippen LogP contribution in [0, 0.1) is 19.3 Å². The minimum Gasteiger partial charge on any atom is -0.344 e. The fraction of sp³-hybridized carbons (Fsp3) is 0.400. The molecule has 0 radical (unpaired) electrons. The van der Waals surface area contributed by atoms with Crippen molar-refractivity contribution < 1.29 is 4.79 Å². The third-order valence-electron chi connectivity index (χ3n) is 3.00. The Bertz CT molecular complexity index is 431. The topological polar surface area (TPSA) is 32.3 Å². The second-order valence-corrected chi connectivity index (χ2v) is 4.48. The number of nitrogens with zero attached hydrogens (tertiary/aromatic N) is 1. The summed E-state index contributed by atoms with van der Waals surface area (Å²) in [5, 5.41) is 2.66. The normalized spacial score (nSPS) is 11.9. The summed E-state index contributed by atoms with van der Waals surface area (Å²) in [5.74, 6) is 2.34. The Morgan fingerprint density at radius 2 is 2.06 bits per heavy atom. The fourth-order valence-electron chi connectivity index (χ4n) is 1.67. The number of rotatable bonds is 5. The van der Waals surface area contributed by atoms with Gasteiger partial charge in [-0.2, -0.15) is 0 Å². The number of terminal acetylenes is 1. The number of carbonyl (C=O) groups excluding carboxylic acids is 1. The molecule has 0 aliphatic heterocycles. The van der Waals surface area contributed by atoms with E-state index < -0.39 is 0 Å². The summed E-state index contributed by atoms with van der Waals surface area (Å²) in [6, 6.07) is 8.55. The maximum absolute atomic E-state index is 11.6. The van der Waals surface area contributed by atoms with Crippen molar-refractivity contribution >= 4 is 5.91 Å². The van der Waals surface area contributed by atoms with Crippen molar-refractivity contribution in [1.29, 1.82) is 0 Å². The van der Waals surface area contributed by atoms with Gasteiger partial charge in [-0.3, -0.25) is 9.69 Å². The SMILES string of the molecule is C#CCNC(=O)CN(C)[C@H](C)c1ccc(C)cc1. The molecule has 1 aromatic carbocycles. The molecular weight excluding hydrogens is 224 g/mol. The van der Waals surface area contributed by atoms with E-state index >= 15 is 0 Å². The van der Waals surface area contributed by atoms with Gasteiger partial charge in [-0.1, -0.05) is 35.7 Å². The zero-order valence-corrected chi connectivity index (χ0v) is 11.2. The summed E-state index contributed by atoms with van der Waals surface area (Å²) < 4.78 is 0. The first-order valence-electron chi connectivity index (χ1n) is 6.01. The Balaban J connectivity index is 2.56. The molecule has 18 heavy (non-hydrogen) atoms. The maximum Gasteiger partial charge on any atom is 0.234 e. The predicted octanol–water partition coefficient (Wildman–Crippen LogP) is 1.74. The molecule has 0 spiro atoms. The van der Waals surface area contributed by atoms with E-state index in [1.54, 1.807) is 0 Å². The number of benzene rings is 1. The van der Waals surface area contributed by atoms with Crippen molar-refractivity contribution in [3.8, 4) is 12.3 Å². The molecule has 1 aromatic rings. The highest BCUT2D eigenvalue weighted by molar-refractivity contribution is 5.78. The number of hydrogen-bond donors (Lipinski definition) is 1. The van der Waals surface area contributed by atoms with Gasteiger partial charge in [0.15, 0.2) is 0 Å². The molecule has 96 valence electrons. The van der Waals surface area contributed by atoms with Crippen LogP contribution in [-0.2, 0) is 4.79 Å². The van der Waals surface area contributed by atoms with Crippen LogP contribution in [0.25, 0.3) is 0 Å². The molecule has 0 heterocycles. The smallest absolute Gasteiger partial charge is 0.234 e. The molecule has 1 N–H and O–H groups in total. The van der Waals surface area contributed by atoms with E-state index in [1.165, 1.54) is 11.1 Å². The summed E-state index contributed by atoms with van der Waals surface area (Å²) in [6.45, 7) is 4.77. The largest absolute Gasteiger partial charge is 0.344 e.